The number of carbonyl (C=O) groups excluding carboxylic acids is 1. The molecule has 0 aliphatic rings. The van der Waals surface area contributed by atoms with Gasteiger partial charge < -0.3 is 9.13 Å². The highest BCUT2D eigenvalue weighted by Crippen LogP contribution is 2.40. The van der Waals surface area contributed by atoms with Crippen LogP contribution in [0.5, 0.6) is 0 Å². The number of para-hydroxylation sites is 2. The average molecular weight is 663 g/mol. The molecule has 0 bridgehead atoms. The molecule has 0 radical (unpaired) electrons. The van der Waals surface area contributed by atoms with Gasteiger partial charge in [0.25, 0.3) is 0 Å². The van der Waals surface area contributed by atoms with E-state index in [2.05, 4.69) is 167 Å². The van der Waals surface area contributed by atoms with Gasteiger partial charge in [0.2, 0.25) is 0 Å². The van der Waals surface area contributed by atoms with E-state index in [0.29, 0.717) is 5.56 Å². The maximum atomic E-state index is 11.9. The van der Waals surface area contributed by atoms with Crippen molar-refractivity contribution in [2.75, 3.05) is 0 Å². The molecule has 0 N–H and O–H groups in total. The summed E-state index contributed by atoms with van der Waals surface area (Å²) in [4.78, 5) is 11.9. The molecule has 0 saturated carbocycles. The summed E-state index contributed by atoms with van der Waals surface area (Å²) >= 11 is 0. The van der Waals surface area contributed by atoms with Crippen molar-refractivity contribution in [1.29, 1.82) is 0 Å². The van der Waals surface area contributed by atoms with Crippen LogP contribution in [0.15, 0.2) is 176 Å². The molecule has 2 aromatic heterocycles. The first-order valence-corrected chi connectivity index (χ1v) is 17.7. The number of hydrogen-bond donors (Lipinski definition) is 0. The largest absolute Gasteiger partial charge is 0.309 e. The third kappa shape index (κ3) is 4.11. The van der Waals surface area contributed by atoms with Gasteiger partial charge in [-0.15, -0.1) is 0 Å². The molecule has 0 unspecified atom stereocenters. The molecular weight excluding hydrogens is 633 g/mol. The highest BCUT2D eigenvalue weighted by Gasteiger charge is 2.17. The van der Waals surface area contributed by atoms with Crippen molar-refractivity contribution in [2.24, 2.45) is 0 Å². The van der Waals surface area contributed by atoms with Crippen LogP contribution in [0.3, 0.4) is 0 Å². The summed E-state index contributed by atoms with van der Waals surface area (Å²) in [6.45, 7) is 0. The van der Waals surface area contributed by atoms with Gasteiger partial charge in [0, 0.05) is 38.5 Å². The molecule has 0 spiro atoms. The normalized spacial score (nSPS) is 11.9. The number of hydrogen-bond acceptors (Lipinski definition) is 1. The second kappa shape index (κ2) is 11.0. The fourth-order valence-corrected chi connectivity index (χ4v) is 8.61. The Bertz CT molecular complexity index is 3220. The van der Waals surface area contributed by atoms with E-state index in [-0.39, 0.29) is 0 Å². The van der Waals surface area contributed by atoms with E-state index in [1.807, 2.05) is 18.2 Å². The molecule has 3 nitrogen and oxygen atoms in total. The molecule has 0 fully saturated rings. The number of aromatic nitrogens is 2. The second-order valence-electron chi connectivity index (χ2n) is 13.7. The SMILES string of the molecule is O=Cc1ccc2c(c1)c1cc(-c3ccc4c(c3)c3ccccc3n4-c3ccc4c5ccccc5c5ccccc5c4c3)ccc1n2-c1ccccc1. The third-order valence-electron chi connectivity index (χ3n) is 10.9. The maximum Gasteiger partial charge on any atom is 0.150 e. The highest BCUT2D eigenvalue weighted by atomic mass is 16.1. The zero-order valence-electron chi connectivity index (χ0n) is 28.1. The van der Waals surface area contributed by atoms with Crippen molar-refractivity contribution in [1.82, 2.24) is 9.13 Å². The lowest BCUT2D eigenvalue weighted by molar-refractivity contribution is 0.112. The van der Waals surface area contributed by atoms with Gasteiger partial charge in [-0.3, -0.25) is 4.79 Å². The summed E-state index contributed by atoms with van der Waals surface area (Å²) in [5.74, 6) is 0. The third-order valence-corrected chi connectivity index (χ3v) is 10.9. The summed E-state index contributed by atoms with van der Waals surface area (Å²) in [6.07, 6.45) is 0.929. The molecule has 9 aromatic carbocycles. The molecular formula is C49H30N2O. The zero-order chi connectivity index (χ0) is 34.3. The zero-order valence-corrected chi connectivity index (χ0v) is 28.1. The number of aldehydes is 1. The smallest absolute Gasteiger partial charge is 0.150 e. The molecule has 3 heteroatoms. The van der Waals surface area contributed by atoms with E-state index in [9.17, 15) is 4.79 Å². The fourth-order valence-electron chi connectivity index (χ4n) is 8.61. The van der Waals surface area contributed by atoms with Gasteiger partial charge >= 0.3 is 0 Å². The van der Waals surface area contributed by atoms with Crippen molar-refractivity contribution in [3.8, 4) is 22.5 Å². The number of carbonyl (C=O) groups is 1. The second-order valence-corrected chi connectivity index (χ2v) is 13.7. The molecule has 0 atom stereocenters. The van der Waals surface area contributed by atoms with E-state index in [4.69, 9.17) is 0 Å². The molecule has 11 rings (SSSR count). The molecule has 242 valence electrons. The fraction of sp³-hybridized carbons (Fsp3) is 0. The summed E-state index contributed by atoms with van der Waals surface area (Å²) in [6, 6.07) is 63.2. The summed E-state index contributed by atoms with van der Waals surface area (Å²) in [5, 5.41) is 12.3. The van der Waals surface area contributed by atoms with Gasteiger partial charge in [0.15, 0.2) is 0 Å². The number of benzene rings is 9. The molecule has 0 aliphatic carbocycles. The first-order valence-electron chi connectivity index (χ1n) is 17.7. The Morgan fingerprint density at radius 1 is 0.308 bits per heavy atom. The monoisotopic (exact) mass is 662 g/mol. The lowest BCUT2D eigenvalue weighted by Crippen LogP contribution is -1.94. The number of fused-ring (bicyclic) bond motifs is 12. The van der Waals surface area contributed by atoms with Crippen LogP contribution in [0.2, 0.25) is 0 Å². The highest BCUT2D eigenvalue weighted by molar-refractivity contribution is 6.25. The van der Waals surface area contributed by atoms with Crippen LogP contribution in [-0.4, -0.2) is 15.4 Å². The first kappa shape index (κ1) is 28.8. The van der Waals surface area contributed by atoms with E-state index >= 15 is 0 Å². The minimum Gasteiger partial charge on any atom is -0.309 e. The predicted molar refractivity (Wildman–Crippen MR) is 218 cm³/mol. The van der Waals surface area contributed by atoms with Crippen molar-refractivity contribution in [3.63, 3.8) is 0 Å². The molecule has 0 amide bonds. The van der Waals surface area contributed by atoms with E-state index in [0.717, 1.165) is 50.6 Å². The Kier molecular flexibility index (Phi) is 6.11. The van der Waals surface area contributed by atoms with Crippen LogP contribution >= 0.6 is 0 Å². The first-order chi connectivity index (χ1) is 25.7. The van der Waals surface area contributed by atoms with E-state index in [1.165, 1.54) is 54.1 Å². The van der Waals surface area contributed by atoms with Crippen LogP contribution in [0.1, 0.15) is 10.4 Å². The van der Waals surface area contributed by atoms with Crippen LogP contribution in [-0.2, 0) is 0 Å². The summed E-state index contributed by atoms with van der Waals surface area (Å²) in [7, 11) is 0. The van der Waals surface area contributed by atoms with Gasteiger partial charge in [-0.25, -0.2) is 0 Å². The minimum absolute atomic E-state index is 0.675. The number of nitrogens with zero attached hydrogens (tertiary/aromatic N) is 2. The van der Waals surface area contributed by atoms with E-state index < -0.39 is 0 Å². The quantitative estimate of drug-likeness (QED) is 0.136. The van der Waals surface area contributed by atoms with Crippen molar-refractivity contribution >= 4 is 82.2 Å². The molecule has 0 saturated heterocycles. The maximum absolute atomic E-state index is 11.9. The van der Waals surface area contributed by atoms with Gasteiger partial charge in [-0.05, 0) is 116 Å². The van der Waals surface area contributed by atoms with Crippen molar-refractivity contribution in [3.05, 3.63) is 181 Å². The predicted octanol–water partition coefficient (Wildman–Crippen LogP) is 12.8. The van der Waals surface area contributed by atoms with Crippen LogP contribution < -0.4 is 0 Å². The lowest BCUT2D eigenvalue weighted by atomic mass is 9.94. The molecule has 0 aliphatic heterocycles. The van der Waals surface area contributed by atoms with Gasteiger partial charge in [0.1, 0.15) is 6.29 Å². The Labute approximate surface area is 299 Å². The van der Waals surface area contributed by atoms with Crippen molar-refractivity contribution < 1.29 is 4.79 Å². The Hall–Kier alpha value is -6.97. The van der Waals surface area contributed by atoms with Gasteiger partial charge in [-0.2, -0.15) is 0 Å². The Morgan fingerprint density at radius 3 is 1.40 bits per heavy atom. The lowest BCUT2D eigenvalue weighted by Gasteiger charge is -2.14. The van der Waals surface area contributed by atoms with E-state index in [1.54, 1.807) is 0 Å². The molecule has 2 heterocycles. The topological polar surface area (TPSA) is 26.9 Å². The van der Waals surface area contributed by atoms with Gasteiger partial charge in [0.05, 0.1) is 22.1 Å². The van der Waals surface area contributed by atoms with Crippen LogP contribution in [0, 0.1) is 0 Å². The molecule has 11 aromatic rings. The van der Waals surface area contributed by atoms with Crippen molar-refractivity contribution in [2.45, 2.75) is 0 Å². The Balaban J connectivity index is 1.12. The van der Waals surface area contributed by atoms with Gasteiger partial charge in [-0.1, -0.05) is 103 Å². The van der Waals surface area contributed by atoms with Crippen LogP contribution in [0.4, 0.5) is 0 Å². The molecule has 52 heavy (non-hydrogen) atoms. The minimum atomic E-state index is 0.675. The summed E-state index contributed by atoms with van der Waals surface area (Å²) < 4.78 is 4.70. The Morgan fingerprint density at radius 2 is 0.769 bits per heavy atom. The standard InChI is InChI=1S/C49H30N2O/c52-30-31-18-23-47-43(26-31)45-28-33(20-25-49(45)50(47)34-10-2-1-3-11-34)32-19-24-48-44(27-32)41-16-8-9-17-46(41)51(48)35-21-22-40-38-14-5-4-12-36(38)37-13-6-7-15-39(37)42(40)29-35/h1-30H. The average Bonchev–Trinajstić information content (AvgIpc) is 3.72. The van der Waals surface area contributed by atoms with Crippen LogP contribution in [0.25, 0.3) is 98.4 Å². The summed E-state index contributed by atoms with van der Waals surface area (Å²) in [5.41, 5.74) is 9.76. The number of rotatable bonds is 4.